The third-order valence-electron chi connectivity index (χ3n) is 3.43. The first-order chi connectivity index (χ1) is 11.5. The van der Waals surface area contributed by atoms with E-state index in [1.54, 1.807) is 43.3 Å². The lowest BCUT2D eigenvalue weighted by atomic mass is 10.1. The molecule has 2 rings (SSSR count). The molecule has 0 radical (unpaired) electrons. The molecular formula is C16H20BrN5O2. The number of carbonyl (C=O) groups is 2. The number of rotatable bonds is 7. The zero-order chi connectivity index (χ0) is 17.5. The zero-order valence-electron chi connectivity index (χ0n) is 13.5. The Morgan fingerprint density at radius 1 is 1.21 bits per heavy atom. The van der Waals surface area contributed by atoms with Gasteiger partial charge in [0.25, 0.3) is 5.91 Å². The van der Waals surface area contributed by atoms with Gasteiger partial charge in [0.15, 0.2) is 0 Å². The van der Waals surface area contributed by atoms with E-state index >= 15 is 0 Å². The summed E-state index contributed by atoms with van der Waals surface area (Å²) in [4.78, 5) is 24.2. The fourth-order valence-corrected chi connectivity index (χ4v) is 2.47. The van der Waals surface area contributed by atoms with Crippen molar-refractivity contribution in [2.24, 2.45) is 7.05 Å². The Hall–Kier alpha value is -2.19. The second-order valence-corrected chi connectivity index (χ2v) is 6.14. The molecule has 2 aromatic rings. The Morgan fingerprint density at radius 2 is 1.88 bits per heavy atom. The molecule has 1 heterocycles. The molecule has 2 amide bonds. The summed E-state index contributed by atoms with van der Waals surface area (Å²) in [5.41, 5.74) is 1.37. The number of likely N-dealkylation sites (N-methyl/N-ethyl adjacent to an activating group) is 1. The van der Waals surface area contributed by atoms with Crippen LogP contribution in [0.3, 0.4) is 0 Å². The highest BCUT2D eigenvalue weighted by Crippen LogP contribution is 2.11. The normalized spacial score (nSPS) is 11.8. The molecule has 0 saturated carbocycles. The molecule has 128 valence electrons. The first-order valence-electron chi connectivity index (χ1n) is 7.48. The number of hydrogen-bond donors (Lipinski definition) is 3. The van der Waals surface area contributed by atoms with Crippen molar-refractivity contribution >= 4 is 27.7 Å². The van der Waals surface area contributed by atoms with E-state index in [2.05, 4.69) is 37.0 Å². The van der Waals surface area contributed by atoms with Gasteiger partial charge >= 0.3 is 0 Å². The Labute approximate surface area is 148 Å². The third-order valence-corrected chi connectivity index (χ3v) is 3.95. The fourth-order valence-electron chi connectivity index (χ4n) is 2.21. The number of aryl methyl sites for hydroxylation is 1. The number of nitrogens with zero attached hydrogens (tertiary/aromatic N) is 2. The number of carbonyl (C=O) groups excluding carboxylic acids is 2. The number of amides is 2. The van der Waals surface area contributed by atoms with Crippen molar-refractivity contribution in [3.05, 3.63) is 52.3 Å². The Kier molecular flexibility index (Phi) is 6.51. The maximum atomic E-state index is 12.2. The van der Waals surface area contributed by atoms with E-state index < -0.39 is 6.04 Å². The maximum absolute atomic E-state index is 12.2. The number of aromatic nitrogens is 2. The molecule has 1 aromatic carbocycles. The molecule has 0 saturated heterocycles. The predicted octanol–water partition coefficient (Wildman–Crippen LogP) is 0.989. The molecule has 0 fully saturated rings. The minimum Gasteiger partial charge on any atom is -0.353 e. The minimum absolute atomic E-state index is 0.164. The van der Waals surface area contributed by atoms with Crippen LogP contribution in [-0.2, 0) is 11.8 Å². The monoisotopic (exact) mass is 393 g/mol. The van der Waals surface area contributed by atoms with Crippen LogP contribution >= 0.6 is 15.9 Å². The first-order valence-corrected chi connectivity index (χ1v) is 8.28. The topological polar surface area (TPSA) is 88.1 Å². The van der Waals surface area contributed by atoms with Crippen LogP contribution in [0.2, 0.25) is 0 Å². The predicted molar refractivity (Wildman–Crippen MR) is 94.5 cm³/mol. The molecule has 0 spiro atoms. The van der Waals surface area contributed by atoms with Crippen molar-refractivity contribution in [2.45, 2.75) is 6.04 Å². The van der Waals surface area contributed by atoms with E-state index in [9.17, 15) is 9.59 Å². The van der Waals surface area contributed by atoms with Crippen LogP contribution in [0, 0.1) is 0 Å². The van der Waals surface area contributed by atoms with Gasteiger partial charge in [0, 0.05) is 41.9 Å². The molecule has 0 aliphatic heterocycles. The fraction of sp³-hybridized carbons (Fsp3) is 0.312. The summed E-state index contributed by atoms with van der Waals surface area (Å²) in [6, 6.07) is 6.61. The summed E-state index contributed by atoms with van der Waals surface area (Å²) in [5.74, 6) is -0.336. The van der Waals surface area contributed by atoms with Crippen LogP contribution in [0.15, 0.2) is 41.1 Å². The van der Waals surface area contributed by atoms with Crippen molar-refractivity contribution in [1.82, 2.24) is 25.7 Å². The highest BCUT2D eigenvalue weighted by molar-refractivity contribution is 9.10. The molecular weight excluding hydrogens is 374 g/mol. The van der Waals surface area contributed by atoms with Crippen LogP contribution in [-0.4, -0.2) is 41.7 Å². The second kappa shape index (κ2) is 8.60. The molecule has 0 bridgehead atoms. The smallest absolute Gasteiger partial charge is 0.251 e. The van der Waals surface area contributed by atoms with Gasteiger partial charge in [-0.25, -0.2) is 0 Å². The van der Waals surface area contributed by atoms with Crippen LogP contribution in [0.1, 0.15) is 22.0 Å². The van der Waals surface area contributed by atoms with Gasteiger partial charge in [-0.1, -0.05) is 15.9 Å². The van der Waals surface area contributed by atoms with Gasteiger partial charge in [0.2, 0.25) is 5.91 Å². The van der Waals surface area contributed by atoms with E-state index in [0.717, 1.165) is 10.0 Å². The molecule has 7 nitrogen and oxygen atoms in total. The highest BCUT2D eigenvalue weighted by Gasteiger charge is 2.19. The average Bonchev–Trinajstić information content (AvgIpc) is 2.99. The number of hydrogen-bond acceptors (Lipinski definition) is 4. The zero-order valence-corrected chi connectivity index (χ0v) is 15.1. The molecule has 0 aliphatic carbocycles. The molecule has 3 N–H and O–H groups in total. The lowest BCUT2D eigenvalue weighted by Crippen LogP contribution is -2.40. The van der Waals surface area contributed by atoms with Crippen LogP contribution in [0.5, 0.6) is 0 Å². The first kappa shape index (κ1) is 18.2. The summed E-state index contributed by atoms with van der Waals surface area (Å²) in [5, 5.41) is 12.6. The minimum atomic E-state index is -0.471. The van der Waals surface area contributed by atoms with Crippen molar-refractivity contribution in [1.29, 1.82) is 0 Å². The number of benzene rings is 1. The largest absolute Gasteiger partial charge is 0.353 e. The molecule has 8 heteroatoms. The summed E-state index contributed by atoms with van der Waals surface area (Å²) < 4.78 is 2.56. The third kappa shape index (κ3) is 4.90. The summed E-state index contributed by atoms with van der Waals surface area (Å²) in [6.45, 7) is 0.698. The summed E-state index contributed by atoms with van der Waals surface area (Å²) in [7, 11) is 3.51. The molecule has 1 unspecified atom stereocenters. The second-order valence-electron chi connectivity index (χ2n) is 5.22. The van der Waals surface area contributed by atoms with Gasteiger partial charge in [0.05, 0.1) is 6.20 Å². The SMILES string of the molecule is CNC(C(=O)NCCNC(=O)c1ccc(Br)cc1)c1cnn(C)c1. The quantitative estimate of drug-likeness (QED) is 0.612. The lowest BCUT2D eigenvalue weighted by molar-refractivity contribution is -0.123. The van der Waals surface area contributed by atoms with Gasteiger partial charge in [-0.2, -0.15) is 5.10 Å². The van der Waals surface area contributed by atoms with E-state index in [4.69, 9.17) is 0 Å². The summed E-state index contributed by atoms with van der Waals surface area (Å²) in [6.07, 6.45) is 3.44. The highest BCUT2D eigenvalue weighted by atomic mass is 79.9. The van der Waals surface area contributed by atoms with Gasteiger partial charge in [0.1, 0.15) is 6.04 Å². The van der Waals surface area contributed by atoms with Crippen molar-refractivity contribution in [3.63, 3.8) is 0 Å². The Bertz CT molecular complexity index is 699. The Morgan fingerprint density at radius 3 is 2.46 bits per heavy atom. The average molecular weight is 394 g/mol. The van der Waals surface area contributed by atoms with Crippen LogP contribution < -0.4 is 16.0 Å². The maximum Gasteiger partial charge on any atom is 0.251 e. The van der Waals surface area contributed by atoms with E-state index in [-0.39, 0.29) is 11.8 Å². The number of halogens is 1. The van der Waals surface area contributed by atoms with Crippen molar-refractivity contribution < 1.29 is 9.59 Å². The molecule has 0 aliphatic rings. The van der Waals surface area contributed by atoms with Crippen molar-refractivity contribution in [2.75, 3.05) is 20.1 Å². The van der Waals surface area contributed by atoms with E-state index in [0.29, 0.717) is 18.7 Å². The van der Waals surface area contributed by atoms with Gasteiger partial charge in [-0.05, 0) is 31.3 Å². The lowest BCUT2D eigenvalue weighted by Gasteiger charge is -2.14. The van der Waals surface area contributed by atoms with Gasteiger partial charge in [-0.3, -0.25) is 14.3 Å². The van der Waals surface area contributed by atoms with Gasteiger partial charge < -0.3 is 16.0 Å². The van der Waals surface area contributed by atoms with Crippen molar-refractivity contribution in [3.8, 4) is 0 Å². The van der Waals surface area contributed by atoms with Gasteiger partial charge in [-0.15, -0.1) is 0 Å². The van der Waals surface area contributed by atoms with E-state index in [1.807, 2.05) is 12.1 Å². The molecule has 24 heavy (non-hydrogen) atoms. The molecule has 1 atom stereocenters. The van der Waals surface area contributed by atoms with Crippen LogP contribution in [0.25, 0.3) is 0 Å². The van der Waals surface area contributed by atoms with E-state index in [1.165, 1.54) is 0 Å². The summed E-state index contributed by atoms with van der Waals surface area (Å²) >= 11 is 3.32. The number of nitrogens with one attached hydrogen (secondary N) is 3. The standard InChI is InChI=1S/C16H20BrN5O2/c1-18-14(12-9-21-22(2)10-12)16(24)20-8-7-19-15(23)11-3-5-13(17)6-4-11/h3-6,9-10,14,18H,7-8H2,1-2H3,(H,19,23)(H,20,24). The van der Waals surface area contributed by atoms with Crippen LogP contribution in [0.4, 0.5) is 0 Å². The Balaban J connectivity index is 1.77. The molecule has 1 aromatic heterocycles.